The van der Waals surface area contributed by atoms with E-state index in [1.807, 2.05) is 13.8 Å². The number of nitrogens with two attached hydrogens (primary N) is 1. The number of halogens is 1. The summed E-state index contributed by atoms with van der Waals surface area (Å²) in [6.07, 6.45) is 0. The summed E-state index contributed by atoms with van der Waals surface area (Å²) >= 11 is 0. The number of nitrogens with zero attached hydrogens (tertiary/aromatic N) is 1. The molecule has 0 aliphatic carbocycles. The fraction of sp³-hybridized carbons (Fsp3) is 0.538. The first-order valence-corrected chi connectivity index (χ1v) is 7.83. The predicted octanol–water partition coefficient (Wildman–Crippen LogP) is 1.08. The number of hydrogen-bond acceptors (Lipinski definition) is 4. The molecule has 1 saturated heterocycles. The van der Waals surface area contributed by atoms with Crippen LogP contribution in [0.3, 0.4) is 0 Å². The van der Waals surface area contributed by atoms with Gasteiger partial charge in [0.15, 0.2) is 0 Å². The van der Waals surface area contributed by atoms with E-state index in [-0.39, 0.29) is 24.5 Å². The van der Waals surface area contributed by atoms with Crippen molar-refractivity contribution >= 4 is 10.0 Å². The fourth-order valence-corrected chi connectivity index (χ4v) is 4.07. The van der Waals surface area contributed by atoms with Crippen LogP contribution in [-0.4, -0.2) is 38.0 Å². The second-order valence-electron chi connectivity index (χ2n) is 5.40. The van der Waals surface area contributed by atoms with Crippen molar-refractivity contribution in [2.24, 2.45) is 5.73 Å². The molecular weight excluding hydrogens is 283 g/mol. The highest BCUT2D eigenvalue weighted by molar-refractivity contribution is 7.89. The molecule has 112 valence electrons. The van der Waals surface area contributed by atoms with Crippen LogP contribution < -0.4 is 5.73 Å². The van der Waals surface area contributed by atoms with Gasteiger partial charge in [0.25, 0.3) is 0 Å². The molecule has 0 radical (unpaired) electrons. The SMILES string of the molecule is CC1(C)CN(S(=O)(=O)c2cc(F)ccc2CN)CCO1. The van der Waals surface area contributed by atoms with Crippen LogP contribution in [0, 0.1) is 5.82 Å². The van der Waals surface area contributed by atoms with E-state index in [2.05, 4.69) is 0 Å². The summed E-state index contributed by atoms with van der Waals surface area (Å²) in [6.45, 7) is 4.50. The third-order valence-corrected chi connectivity index (χ3v) is 5.18. The second kappa shape index (κ2) is 5.40. The molecule has 5 nitrogen and oxygen atoms in total. The average Bonchev–Trinajstić information content (AvgIpc) is 2.37. The van der Waals surface area contributed by atoms with Gasteiger partial charge in [-0.1, -0.05) is 6.07 Å². The number of hydrogen-bond donors (Lipinski definition) is 1. The molecule has 1 aromatic rings. The first kappa shape index (κ1) is 15.4. The van der Waals surface area contributed by atoms with E-state index in [0.717, 1.165) is 6.07 Å². The van der Waals surface area contributed by atoms with E-state index < -0.39 is 21.4 Å². The van der Waals surface area contributed by atoms with Gasteiger partial charge in [-0.05, 0) is 31.5 Å². The molecule has 1 aliphatic rings. The molecule has 0 saturated carbocycles. The standard InChI is InChI=1S/C13H19FN2O3S/c1-13(2)9-16(5-6-19-13)20(17,18)12-7-11(14)4-3-10(12)8-15/h3-4,7H,5-6,8-9,15H2,1-2H3. The Kier molecular flexibility index (Phi) is 4.15. The minimum Gasteiger partial charge on any atom is -0.373 e. The van der Waals surface area contributed by atoms with E-state index >= 15 is 0 Å². The number of rotatable bonds is 3. The van der Waals surface area contributed by atoms with Crippen molar-refractivity contribution in [3.63, 3.8) is 0 Å². The molecule has 2 rings (SSSR count). The van der Waals surface area contributed by atoms with Crippen LogP contribution in [0.5, 0.6) is 0 Å². The monoisotopic (exact) mass is 302 g/mol. The summed E-state index contributed by atoms with van der Waals surface area (Å²) in [7, 11) is -3.76. The van der Waals surface area contributed by atoms with Gasteiger partial charge in [-0.3, -0.25) is 0 Å². The molecule has 0 aromatic heterocycles. The van der Waals surface area contributed by atoms with Crippen molar-refractivity contribution < 1.29 is 17.5 Å². The van der Waals surface area contributed by atoms with E-state index in [1.54, 1.807) is 0 Å². The molecule has 1 heterocycles. The lowest BCUT2D eigenvalue weighted by Gasteiger charge is -2.37. The van der Waals surface area contributed by atoms with Crippen LogP contribution in [0.15, 0.2) is 23.1 Å². The average molecular weight is 302 g/mol. The molecule has 0 bridgehead atoms. The number of ether oxygens (including phenoxy) is 1. The largest absolute Gasteiger partial charge is 0.373 e. The summed E-state index contributed by atoms with van der Waals surface area (Å²) in [5, 5.41) is 0. The Morgan fingerprint density at radius 1 is 1.45 bits per heavy atom. The normalized spacial score (nSPS) is 20.0. The third-order valence-electron chi connectivity index (χ3n) is 3.26. The zero-order valence-electron chi connectivity index (χ0n) is 11.6. The minimum atomic E-state index is -3.76. The third kappa shape index (κ3) is 3.01. The summed E-state index contributed by atoms with van der Waals surface area (Å²) in [6, 6.07) is 3.65. The molecule has 2 N–H and O–H groups in total. The Morgan fingerprint density at radius 3 is 2.75 bits per heavy atom. The maximum absolute atomic E-state index is 13.4. The van der Waals surface area contributed by atoms with Crippen LogP contribution in [-0.2, 0) is 21.3 Å². The topological polar surface area (TPSA) is 72.6 Å². The minimum absolute atomic E-state index is 0.0442. The van der Waals surface area contributed by atoms with Crippen molar-refractivity contribution in [2.45, 2.75) is 30.9 Å². The van der Waals surface area contributed by atoms with Gasteiger partial charge in [0.1, 0.15) is 5.82 Å². The van der Waals surface area contributed by atoms with E-state index in [1.165, 1.54) is 16.4 Å². The Balaban J connectivity index is 2.42. The smallest absolute Gasteiger partial charge is 0.243 e. The Labute approximate surface area is 118 Å². The summed E-state index contributed by atoms with van der Waals surface area (Å²) in [5.74, 6) is -0.590. The van der Waals surface area contributed by atoms with Crippen molar-refractivity contribution in [2.75, 3.05) is 19.7 Å². The lowest BCUT2D eigenvalue weighted by molar-refractivity contribution is -0.0640. The maximum Gasteiger partial charge on any atom is 0.243 e. The molecule has 0 unspecified atom stereocenters. The van der Waals surface area contributed by atoms with Gasteiger partial charge in [-0.15, -0.1) is 0 Å². The van der Waals surface area contributed by atoms with Gasteiger partial charge in [-0.25, -0.2) is 12.8 Å². The first-order chi connectivity index (χ1) is 9.26. The van der Waals surface area contributed by atoms with Gasteiger partial charge in [0.2, 0.25) is 10.0 Å². The van der Waals surface area contributed by atoms with Gasteiger partial charge in [-0.2, -0.15) is 4.31 Å². The Morgan fingerprint density at radius 2 is 2.15 bits per heavy atom. The Hall–Kier alpha value is -1.02. The second-order valence-corrected chi connectivity index (χ2v) is 7.31. The van der Waals surface area contributed by atoms with Crippen LogP contribution in [0.2, 0.25) is 0 Å². The van der Waals surface area contributed by atoms with Crippen LogP contribution >= 0.6 is 0 Å². The molecular formula is C13H19FN2O3S. The van der Waals surface area contributed by atoms with Gasteiger partial charge in [0.05, 0.1) is 17.1 Å². The molecule has 0 atom stereocenters. The van der Waals surface area contributed by atoms with E-state index in [0.29, 0.717) is 12.2 Å². The van der Waals surface area contributed by atoms with Crippen LogP contribution in [0.1, 0.15) is 19.4 Å². The first-order valence-electron chi connectivity index (χ1n) is 6.39. The molecule has 7 heteroatoms. The highest BCUT2D eigenvalue weighted by Gasteiger charge is 2.35. The van der Waals surface area contributed by atoms with E-state index in [4.69, 9.17) is 10.5 Å². The zero-order chi connectivity index (χ0) is 15.0. The number of sulfonamides is 1. The lowest BCUT2D eigenvalue weighted by Crippen LogP contribution is -2.50. The van der Waals surface area contributed by atoms with Crippen molar-refractivity contribution in [1.29, 1.82) is 0 Å². The summed E-state index contributed by atoms with van der Waals surface area (Å²) < 4.78 is 45.5. The van der Waals surface area contributed by atoms with Crippen molar-refractivity contribution in [1.82, 2.24) is 4.31 Å². The number of benzene rings is 1. The molecule has 0 amide bonds. The Bertz CT molecular complexity index is 602. The maximum atomic E-state index is 13.4. The lowest BCUT2D eigenvalue weighted by atomic mass is 10.1. The van der Waals surface area contributed by atoms with Crippen LogP contribution in [0.4, 0.5) is 4.39 Å². The van der Waals surface area contributed by atoms with Crippen LogP contribution in [0.25, 0.3) is 0 Å². The highest BCUT2D eigenvalue weighted by Crippen LogP contribution is 2.26. The zero-order valence-corrected chi connectivity index (χ0v) is 12.4. The van der Waals surface area contributed by atoms with Crippen molar-refractivity contribution in [3.8, 4) is 0 Å². The van der Waals surface area contributed by atoms with E-state index in [9.17, 15) is 12.8 Å². The molecule has 1 aromatic carbocycles. The summed E-state index contributed by atoms with van der Waals surface area (Å²) in [5.41, 5.74) is 5.41. The number of morpholine rings is 1. The quantitative estimate of drug-likeness (QED) is 0.907. The predicted molar refractivity (Wildman–Crippen MR) is 73.1 cm³/mol. The molecule has 1 fully saturated rings. The fourth-order valence-electron chi connectivity index (χ4n) is 2.25. The van der Waals surface area contributed by atoms with Gasteiger partial charge in [0, 0.05) is 19.6 Å². The van der Waals surface area contributed by atoms with Gasteiger partial charge < -0.3 is 10.5 Å². The molecule has 0 spiro atoms. The highest BCUT2D eigenvalue weighted by atomic mass is 32.2. The molecule has 1 aliphatic heterocycles. The molecule has 20 heavy (non-hydrogen) atoms. The van der Waals surface area contributed by atoms with Crippen molar-refractivity contribution in [3.05, 3.63) is 29.6 Å². The summed E-state index contributed by atoms with van der Waals surface area (Å²) in [4.78, 5) is -0.0577. The van der Waals surface area contributed by atoms with Gasteiger partial charge >= 0.3 is 0 Å².